The number of hydrogen-bond acceptors (Lipinski definition) is 8. The fourth-order valence-corrected chi connectivity index (χ4v) is 6.86. The molecular formula is C29H31N3O6S2. The summed E-state index contributed by atoms with van der Waals surface area (Å²) < 4.78 is 47.1. The van der Waals surface area contributed by atoms with Crippen molar-refractivity contribution in [2.75, 3.05) is 24.0 Å². The lowest BCUT2D eigenvalue weighted by Crippen LogP contribution is -2.47. The van der Waals surface area contributed by atoms with E-state index in [2.05, 4.69) is 4.98 Å². The predicted octanol–water partition coefficient (Wildman–Crippen LogP) is 5.35. The third-order valence-corrected chi connectivity index (χ3v) is 9.27. The molecule has 0 amide bonds. The highest BCUT2D eigenvalue weighted by molar-refractivity contribution is 7.90. The van der Waals surface area contributed by atoms with Crippen molar-refractivity contribution in [2.24, 2.45) is 0 Å². The van der Waals surface area contributed by atoms with Crippen molar-refractivity contribution >= 4 is 33.2 Å². The van der Waals surface area contributed by atoms with Gasteiger partial charge in [-0.25, -0.2) is 4.98 Å². The zero-order chi connectivity index (χ0) is 28.1. The molecule has 1 aliphatic rings. The molecule has 0 bridgehead atoms. The number of carbonyl (C=O) groups is 1. The Morgan fingerprint density at radius 1 is 1.12 bits per heavy atom. The van der Waals surface area contributed by atoms with Crippen LogP contribution in [0.5, 0.6) is 5.75 Å². The number of carbonyl (C=O) groups excluding carboxylic acids is 1. The lowest BCUT2D eigenvalue weighted by atomic mass is 10.0. The first-order valence-electron chi connectivity index (χ1n) is 13.1. The quantitative estimate of drug-likeness (QED) is 0.220. The number of aryl methyl sites for hydroxylation is 2. The Balaban J connectivity index is 1.30. The van der Waals surface area contributed by atoms with Crippen LogP contribution in [0.25, 0.3) is 10.8 Å². The van der Waals surface area contributed by atoms with E-state index in [4.69, 9.17) is 13.9 Å². The summed E-state index contributed by atoms with van der Waals surface area (Å²) in [6.45, 7) is 3.92. The fraction of sp³-hybridized carbons (Fsp3) is 0.310. The molecule has 5 rings (SSSR count). The predicted molar refractivity (Wildman–Crippen MR) is 153 cm³/mol. The van der Waals surface area contributed by atoms with Gasteiger partial charge in [-0.1, -0.05) is 36.4 Å². The minimum absolute atomic E-state index is 0.00661. The molecule has 0 N–H and O–H groups in total. The second-order valence-electron chi connectivity index (χ2n) is 9.32. The summed E-state index contributed by atoms with van der Waals surface area (Å²) in [5, 5.41) is 1.97. The van der Waals surface area contributed by atoms with Gasteiger partial charge in [0.25, 0.3) is 0 Å². The zero-order valence-corrected chi connectivity index (χ0v) is 24.0. The van der Waals surface area contributed by atoms with Crippen LogP contribution in [0.1, 0.15) is 35.9 Å². The van der Waals surface area contributed by atoms with E-state index in [1.807, 2.05) is 42.6 Å². The summed E-state index contributed by atoms with van der Waals surface area (Å²) in [5.74, 6) is 1.27. The summed E-state index contributed by atoms with van der Waals surface area (Å²) in [7, 11) is -4.01. The number of ether oxygens (including phenoxy) is 2. The molecule has 1 aliphatic heterocycles. The smallest absolute Gasteiger partial charge is 0.321 e. The first-order valence-corrected chi connectivity index (χ1v) is 15.4. The van der Waals surface area contributed by atoms with Gasteiger partial charge in [0.2, 0.25) is 5.89 Å². The van der Waals surface area contributed by atoms with Gasteiger partial charge in [-0.15, -0.1) is 11.3 Å². The summed E-state index contributed by atoms with van der Waals surface area (Å²) >= 11 is 1.56. The Morgan fingerprint density at radius 2 is 1.93 bits per heavy atom. The van der Waals surface area contributed by atoms with Gasteiger partial charge in [0, 0.05) is 13.1 Å². The van der Waals surface area contributed by atoms with E-state index in [9.17, 15) is 13.2 Å². The number of anilines is 1. The van der Waals surface area contributed by atoms with Gasteiger partial charge in [0.05, 0.1) is 17.2 Å². The molecule has 0 atom stereocenters. The molecule has 0 saturated heterocycles. The molecule has 40 heavy (non-hydrogen) atoms. The van der Waals surface area contributed by atoms with Gasteiger partial charge >= 0.3 is 16.2 Å². The van der Waals surface area contributed by atoms with Crippen LogP contribution >= 0.6 is 11.3 Å². The summed E-state index contributed by atoms with van der Waals surface area (Å²) in [6, 6.07) is 18.5. The minimum atomic E-state index is -4.01. The number of hydrogen-bond donors (Lipinski definition) is 0. The van der Waals surface area contributed by atoms with Crippen molar-refractivity contribution in [2.45, 2.75) is 39.8 Å². The van der Waals surface area contributed by atoms with E-state index in [-0.39, 0.29) is 26.3 Å². The van der Waals surface area contributed by atoms with Crippen LogP contribution in [-0.4, -0.2) is 43.4 Å². The van der Waals surface area contributed by atoms with Gasteiger partial charge in [-0.2, -0.15) is 12.7 Å². The Labute approximate surface area is 238 Å². The average Bonchev–Trinajstić information content (AvgIpc) is 3.62. The van der Waals surface area contributed by atoms with E-state index in [1.165, 1.54) is 8.61 Å². The first kappa shape index (κ1) is 27.9. The second-order valence-corrected chi connectivity index (χ2v) is 12.1. The maximum absolute atomic E-state index is 13.8. The molecule has 2 aromatic heterocycles. The Bertz CT molecular complexity index is 1550. The largest absolute Gasteiger partial charge is 0.487 e. The third kappa shape index (κ3) is 6.22. The van der Waals surface area contributed by atoms with Crippen molar-refractivity contribution in [3.05, 3.63) is 88.6 Å². The molecular weight excluding hydrogens is 550 g/mol. The van der Waals surface area contributed by atoms with E-state index in [1.54, 1.807) is 48.6 Å². The minimum Gasteiger partial charge on any atom is -0.487 e. The molecule has 0 unspecified atom stereocenters. The second kappa shape index (κ2) is 12.2. The number of fused-ring (bicyclic) bond motifs is 1. The third-order valence-electron chi connectivity index (χ3n) is 6.57. The number of rotatable bonds is 11. The van der Waals surface area contributed by atoms with Crippen molar-refractivity contribution in [1.29, 1.82) is 0 Å². The molecule has 4 aromatic rings. The van der Waals surface area contributed by atoms with Crippen LogP contribution in [0.15, 0.2) is 70.5 Å². The standard InChI is InChI=1S/C29H31N3O6S2/c1-3-36-28(33)19-31(40(34,35)32-16-6-9-23-8-4-5-10-26(23)32)18-22-12-14-24(15-13-22)37-20-25-21(2)38-29(30-25)27-11-7-17-39-27/h4-5,7-8,10-15,17H,3,6,9,16,18-20H2,1-2H3. The van der Waals surface area contributed by atoms with Crippen molar-refractivity contribution in [1.82, 2.24) is 9.29 Å². The van der Waals surface area contributed by atoms with E-state index < -0.39 is 16.2 Å². The van der Waals surface area contributed by atoms with Crippen LogP contribution in [-0.2, 0) is 39.3 Å². The van der Waals surface area contributed by atoms with Gasteiger partial charge in [0.1, 0.15) is 30.4 Å². The zero-order valence-electron chi connectivity index (χ0n) is 22.4. The number of benzene rings is 2. The average molecular weight is 582 g/mol. The molecule has 3 heterocycles. The Morgan fingerprint density at radius 3 is 2.67 bits per heavy atom. The fourth-order valence-electron chi connectivity index (χ4n) is 4.56. The summed E-state index contributed by atoms with van der Waals surface area (Å²) in [6.07, 6.45) is 1.51. The van der Waals surface area contributed by atoms with E-state index in [0.29, 0.717) is 47.3 Å². The highest BCUT2D eigenvalue weighted by Crippen LogP contribution is 2.31. The number of oxazole rings is 1. The van der Waals surface area contributed by atoms with E-state index >= 15 is 0 Å². The van der Waals surface area contributed by atoms with Crippen LogP contribution < -0.4 is 9.04 Å². The van der Waals surface area contributed by atoms with Crippen molar-refractivity contribution < 1.29 is 27.1 Å². The number of nitrogens with zero attached hydrogens (tertiary/aromatic N) is 3. The number of para-hydroxylation sites is 1. The molecule has 210 valence electrons. The summed E-state index contributed by atoms with van der Waals surface area (Å²) in [5.41, 5.74) is 3.04. The molecule has 0 saturated carbocycles. The maximum Gasteiger partial charge on any atom is 0.321 e. The number of thiophene rings is 1. The van der Waals surface area contributed by atoms with Crippen LogP contribution in [0.4, 0.5) is 5.69 Å². The molecule has 0 fully saturated rings. The highest BCUT2D eigenvalue weighted by Gasteiger charge is 2.34. The summed E-state index contributed by atoms with van der Waals surface area (Å²) in [4.78, 5) is 17.9. The van der Waals surface area contributed by atoms with Gasteiger partial charge in [0.15, 0.2) is 0 Å². The molecule has 11 heteroatoms. The van der Waals surface area contributed by atoms with Gasteiger partial charge < -0.3 is 13.9 Å². The normalized spacial score (nSPS) is 13.3. The van der Waals surface area contributed by atoms with Crippen LogP contribution in [0.2, 0.25) is 0 Å². The van der Waals surface area contributed by atoms with Crippen molar-refractivity contribution in [3.63, 3.8) is 0 Å². The lowest BCUT2D eigenvalue weighted by molar-refractivity contribution is -0.143. The van der Waals surface area contributed by atoms with Crippen LogP contribution in [0.3, 0.4) is 0 Å². The molecule has 0 spiro atoms. The number of esters is 1. The SMILES string of the molecule is CCOC(=O)CN(Cc1ccc(OCc2nc(-c3cccs3)oc2C)cc1)S(=O)(=O)N1CCCc2ccccc21. The Hall–Kier alpha value is -3.67. The molecule has 0 radical (unpaired) electrons. The number of aromatic nitrogens is 1. The molecule has 9 nitrogen and oxygen atoms in total. The maximum atomic E-state index is 13.8. The highest BCUT2D eigenvalue weighted by atomic mass is 32.2. The van der Waals surface area contributed by atoms with Gasteiger partial charge in [-0.3, -0.25) is 9.10 Å². The molecule has 0 aliphatic carbocycles. The van der Waals surface area contributed by atoms with Crippen LogP contribution in [0, 0.1) is 6.92 Å². The van der Waals surface area contributed by atoms with Gasteiger partial charge in [-0.05, 0) is 67.5 Å². The lowest BCUT2D eigenvalue weighted by Gasteiger charge is -2.34. The monoisotopic (exact) mass is 581 g/mol. The topological polar surface area (TPSA) is 102 Å². The Kier molecular flexibility index (Phi) is 8.53. The van der Waals surface area contributed by atoms with Crippen molar-refractivity contribution in [3.8, 4) is 16.5 Å². The first-order chi connectivity index (χ1) is 19.3. The van der Waals surface area contributed by atoms with E-state index in [0.717, 1.165) is 16.9 Å². The molecule has 2 aromatic carbocycles.